The number of hydrogen-bond donors (Lipinski definition) is 1. The molecule has 0 spiro atoms. The quantitative estimate of drug-likeness (QED) is 0.859. The van der Waals surface area contributed by atoms with Crippen LogP contribution in [0.2, 0.25) is 0 Å². The predicted molar refractivity (Wildman–Crippen MR) is 82.1 cm³/mol. The molecule has 0 aliphatic carbocycles. The Bertz CT molecular complexity index is 459. The van der Waals surface area contributed by atoms with Crippen LogP contribution in [0.5, 0.6) is 0 Å². The van der Waals surface area contributed by atoms with Gasteiger partial charge in [-0.25, -0.2) is 0 Å². The van der Waals surface area contributed by atoms with Gasteiger partial charge in [-0.3, -0.25) is 4.79 Å². The van der Waals surface area contributed by atoms with Gasteiger partial charge in [0.1, 0.15) is 0 Å². The highest BCUT2D eigenvalue weighted by atomic mass is 79.9. The summed E-state index contributed by atoms with van der Waals surface area (Å²) in [7, 11) is 0. The van der Waals surface area contributed by atoms with Gasteiger partial charge in [0.25, 0.3) is 5.91 Å². The molecule has 19 heavy (non-hydrogen) atoms. The van der Waals surface area contributed by atoms with Crippen LogP contribution in [0.25, 0.3) is 0 Å². The van der Waals surface area contributed by atoms with Gasteiger partial charge in [-0.15, -0.1) is 0 Å². The number of likely N-dealkylation sites (tertiary alicyclic amines) is 1. The van der Waals surface area contributed by atoms with E-state index in [0.29, 0.717) is 17.3 Å². The third-order valence-electron chi connectivity index (χ3n) is 3.75. The summed E-state index contributed by atoms with van der Waals surface area (Å²) >= 11 is 3.36. The van der Waals surface area contributed by atoms with Gasteiger partial charge in [0, 0.05) is 28.3 Å². The average molecular weight is 325 g/mol. The maximum Gasteiger partial charge on any atom is 0.254 e. The number of benzene rings is 1. The summed E-state index contributed by atoms with van der Waals surface area (Å²) in [6.07, 6.45) is 5.69. The number of rotatable bonds is 3. The van der Waals surface area contributed by atoms with E-state index in [1.165, 1.54) is 6.42 Å². The number of carbonyl (C=O) groups excluding carboxylic acids is 1. The molecule has 2 rings (SSSR count). The lowest BCUT2D eigenvalue weighted by Gasteiger charge is -2.36. The number of anilines is 1. The number of nitrogens with zero attached hydrogens (tertiary/aromatic N) is 1. The SMILES string of the molecule is CCCC1CCCCN1C(=O)c1ccc(Br)c(N)c1. The molecule has 0 radical (unpaired) electrons. The molecular weight excluding hydrogens is 304 g/mol. The first kappa shape index (κ1) is 14.4. The lowest BCUT2D eigenvalue weighted by atomic mass is 9.97. The standard InChI is InChI=1S/C15H21BrN2O/c1-2-5-12-6-3-4-9-18(12)15(19)11-7-8-13(16)14(17)10-11/h7-8,10,12H,2-6,9,17H2,1H3. The number of nitrogen functional groups attached to an aromatic ring is 1. The van der Waals surface area contributed by atoms with Crippen LogP contribution in [-0.2, 0) is 0 Å². The maximum atomic E-state index is 12.6. The monoisotopic (exact) mass is 324 g/mol. The van der Waals surface area contributed by atoms with Crippen molar-refractivity contribution in [2.45, 2.75) is 45.1 Å². The highest BCUT2D eigenvalue weighted by molar-refractivity contribution is 9.10. The van der Waals surface area contributed by atoms with Gasteiger partial charge in [0.05, 0.1) is 0 Å². The normalized spacial score (nSPS) is 19.5. The Morgan fingerprint density at radius 3 is 2.95 bits per heavy atom. The highest BCUT2D eigenvalue weighted by Crippen LogP contribution is 2.25. The van der Waals surface area contributed by atoms with E-state index in [4.69, 9.17) is 5.73 Å². The summed E-state index contributed by atoms with van der Waals surface area (Å²) in [4.78, 5) is 14.6. The van der Waals surface area contributed by atoms with Crippen molar-refractivity contribution in [3.63, 3.8) is 0 Å². The fourth-order valence-corrected chi connectivity index (χ4v) is 2.99. The Morgan fingerprint density at radius 1 is 1.47 bits per heavy atom. The zero-order valence-electron chi connectivity index (χ0n) is 11.4. The van der Waals surface area contributed by atoms with Crippen molar-refractivity contribution in [2.24, 2.45) is 0 Å². The molecule has 1 unspecified atom stereocenters. The molecule has 1 heterocycles. The first-order chi connectivity index (χ1) is 9.13. The van der Waals surface area contributed by atoms with E-state index in [-0.39, 0.29) is 5.91 Å². The van der Waals surface area contributed by atoms with Crippen LogP contribution < -0.4 is 5.73 Å². The third kappa shape index (κ3) is 3.30. The Morgan fingerprint density at radius 2 is 2.26 bits per heavy atom. The second kappa shape index (κ2) is 6.42. The van der Waals surface area contributed by atoms with Crippen molar-refractivity contribution < 1.29 is 4.79 Å². The molecule has 4 heteroatoms. The number of nitrogens with two attached hydrogens (primary N) is 1. The number of piperidine rings is 1. The summed E-state index contributed by atoms with van der Waals surface area (Å²) in [5, 5.41) is 0. The molecule has 2 N–H and O–H groups in total. The zero-order valence-corrected chi connectivity index (χ0v) is 12.9. The fraction of sp³-hybridized carbons (Fsp3) is 0.533. The molecule has 104 valence electrons. The van der Waals surface area contributed by atoms with E-state index >= 15 is 0 Å². The zero-order chi connectivity index (χ0) is 13.8. The second-order valence-electron chi connectivity index (χ2n) is 5.17. The minimum Gasteiger partial charge on any atom is -0.398 e. The van der Waals surface area contributed by atoms with Gasteiger partial charge in [-0.1, -0.05) is 13.3 Å². The topological polar surface area (TPSA) is 46.3 Å². The van der Waals surface area contributed by atoms with Gasteiger partial charge in [0.15, 0.2) is 0 Å². The minimum atomic E-state index is 0.123. The number of carbonyl (C=O) groups is 1. The predicted octanol–water partition coefficient (Wildman–Crippen LogP) is 3.83. The van der Waals surface area contributed by atoms with Crippen molar-refractivity contribution >= 4 is 27.5 Å². The van der Waals surface area contributed by atoms with Crippen molar-refractivity contribution in [3.8, 4) is 0 Å². The van der Waals surface area contributed by atoms with Gasteiger partial charge in [-0.2, -0.15) is 0 Å². The van der Waals surface area contributed by atoms with Crippen molar-refractivity contribution in [3.05, 3.63) is 28.2 Å². The summed E-state index contributed by atoms with van der Waals surface area (Å²) in [6, 6.07) is 5.86. The molecule has 0 saturated carbocycles. The summed E-state index contributed by atoms with van der Waals surface area (Å²) in [5.74, 6) is 0.123. The molecule has 1 aliphatic heterocycles. The number of halogens is 1. The van der Waals surface area contributed by atoms with Gasteiger partial charge in [0.2, 0.25) is 0 Å². The largest absolute Gasteiger partial charge is 0.398 e. The third-order valence-corrected chi connectivity index (χ3v) is 4.48. The molecule has 0 bridgehead atoms. The maximum absolute atomic E-state index is 12.6. The van der Waals surface area contributed by atoms with Crippen LogP contribution in [0.3, 0.4) is 0 Å². The van der Waals surface area contributed by atoms with Crippen LogP contribution in [0, 0.1) is 0 Å². The van der Waals surface area contributed by atoms with Gasteiger partial charge in [-0.05, 0) is 59.8 Å². The van der Waals surface area contributed by atoms with Crippen LogP contribution in [0.1, 0.15) is 49.4 Å². The van der Waals surface area contributed by atoms with E-state index in [0.717, 1.165) is 36.7 Å². The average Bonchev–Trinajstić information content (AvgIpc) is 2.42. The van der Waals surface area contributed by atoms with E-state index in [2.05, 4.69) is 22.9 Å². The summed E-state index contributed by atoms with van der Waals surface area (Å²) < 4.78 is 0.841. The molecule has 1 aromatic rings. The van der Waals surface area contributed by atoms with Crippen LogP contribution in [-0.4, -0.2) is 23.4 Å². The minimum absolute atomic E-state index is 0.123. The lowest BCUT2D eigenvalue weighted by molar-refractivity contribution is 0.0600. The van der Waals surface area contributed by atoms with Crippen molar-refractivity contribution in [2.75, 3.05) is 12.3 Å². The Balaban J connectivity index is 2.18. The molecular formula is C15H21BrN2O. The fourth-order valence-electron chi connectivity index (χ4n) is 2.74. The number of amides is 1. The Kier molecular flexibility index (Phi) is 4.86. The van der Waals surface area contributed by atoms with Crippen LogP contribution >= 0.6 is 15.9 Å². The summed E-state index contributed by atoms with van der Waals surface area (Å²) in [5.41, 5.74) is 7.18. The van der Waals surface area contributed by atoms with Crippen molar-refractivity contribution in [1.29, 1.82) is 0 Å². The van der Waals surface area contributed by atoms with E-state index < -0.39 is 0 Å². The lowest BCUT2D eigenvalue weighted by Crippen LogP contribution is -2.43. The van der Waals surface area contributed by atoms with Crippen LogP contribution in [0.4, 0.5) is 5.69 Å². The molecule has 1 atom stereocenters. The molecule has 3 nitrogen and oxygen atoms in total. The van der Waals surface area contributed by atoms with Crippen LogP contribution in [0.15, 0.2) is 22.7 Å². The van der Waals surface area contributed by atoms with Crippen molar-refractivity contribution in [1.82, 2.24) is 4.90 Å². The smallest absolute Gasteiger partial charge is 0.254 e. The van der Waals surface area contributed by atoms with E-state index in [1.54, 1.807) is 6.07 Å². The van der Waals surface area contributed by atoms with Gasteiger partial charge >= 0.3 is 0 Å². The molecule has 1 fully saturated rings. The number of hydrogen-bond acceptors (Lipinski definition) is 2. The van der Waals surface area contributed by atoms with E-state index in [9.17, 15) is 4.79 Å². The van der Waals surface area contributed by atoms with E-state index in [1.807, 2.05) is 17.0 Å². The molecule has 1 aromatic carbocycles. The first-order valence-electron chi connectivity index (χ1n) is 6.99. The summed E-state index contributed by atoms with van der Waals surface area (Å²) in [6.45, 7) is 3.05. The molecule has 0 aromatic heterocycles. The van der Waals surface area contributed by atoms with Gasteiger partial charge < -0.3 is 10.6 Å². The first-order valence-corrected chi connectivity index (χ1v) is 7.78. The molecule has 1 saturated heterocycles. The molecule has 1 aliphatic rings. The highest BCUT2D eigenvalue weighted by Gasteiger charge is 2.26. The molecule has 1 amide bonds. The Labute approximate surface area is 123 Å². The second-order valence-corrected chi connectivity index (χ2v) is 6.03. The Hall–Kier alpha value is -1.03.